The minimum Gasteiger partial charge on any atom is -0.494 e. The summed E-state index contributed by atoms with van der Waals surface area (Å²) in [5, 5.41) is 0. The lowest BCUT2D eigenvalue weighted by atomic mass is 10.1. The molecule has 0 spiro atoms. The van der Waals surface area contributed by atoms with Crippen molar-refractivity contribution in [2.75, 3.05) is 25.6 Å². The molecule has 7 heteroatoms. The molecule has 0 bridgehead atoms. The van der Waals surface area contributed by atoms with Crippen molar-refractivity contribution in [3.05, 3.63) is 12.4 Å². The number of nitrogens with zero attached hydrogens (tertiary/aromatic N) is 4. The summed E-state index contributed by atoms with van der Waals surface area (Å²) in [6.07, 6.45) is 5.10. The van der Waals surface area contributed by atoms with E-state index in [-0.39, 0.29) is 30.2 Å². The number of anilines is 1. The van der Waals surface area contributed by atoms with Gasteiger partial charge in [0.05, 0.1) is 25.4 Å². The summed E-state index contributed by atoms with van der Waals surface area (Å²) < 4.78 is 5.01. The Morgan fingerprint density at radius 1 is 1.39 bits per heavy atom. The van der Waals surface area contributed by atoms with Crippen molar-refractivity contribution < 1.29 is 14.3 Å². The predicted octanol–water partition coefficient (Wildman–Crippen LogP) is 1.49. The number of carbonyl (C=O) groups is 2. The average Bonchev–Trinajstić information content (AvgIpc) is 2.96. The van der Waals surface area contributed by atoms with Crippen LogP contribution in [-0.2, 0) is 9.59 Å². The van der Waals surface area contributed by atoms with Crippen LogP contribution in [0.4, 0.5) is 5.95 Å². The highest BCUT2D eigenvalue weighted by Crippen LogP contribution is 2.25. The second kappa shape index (κ2) is 7.39. The molecule has 0 saturated carbocycles. The third-order valence-corrected chi connectivity index (χ3v) is 4.37. The van der Waals surface area contributed by atoms with Gasteiger partial charge in [0.2, 0.25) is 17.8 Å². The van der Waals surface area contributed by atoms with Crippen LogP contribution in [0.2, 0.25) is 0 Å². The Kier molecular flexibility index (Phi) is 5.52. The smallest absolute Gasteiger partial charge is 0.234 e. The van der Waals surface area contributed by atoms with Gasteiger partial charge in [-0.3, -0.25) is 14.5 Å². The Morgan fingerprint density at radius 3 is 2.52 bits per heavy atom. The Bertz CT molecular complexity index is 557. The van der Waals surface area contributed by atoms with Crippen LogP contribution in [0.15, 0.2) is 12.4 Å². The first kappa shape index (κ1) is 17.2. The molecule has 1 unspecified atom stereocenters. The van der Waals surface area contributed by atoms with E-state index in [1.54, 1.807) is 7.05 Å². The molecule has 0 radical (unpaired) electrons. The Balaban J connectivity index is 2.06. The van der Waals surface area contributed by atoms with Crippen molar-refractivity contribution in [2.24, 2.45) is 5.92 Å². The molecule has 2 amide bonds. The van der Waals surface area contributed by atoms with Gasteiger partial charge in [-0.25, -0.2) is 9.97 Å². The first-order valence-electron chi connectivity index (χ1n) is 7.94. The summed E-state index contributed by atoms with van der Waals surface area (Å²) in [6, 6.07) is 0.211. The first-order valence-corrected chi connectivity index (χ1v) is 7.94. The zero-order valence-corrected chi connectivity index (χ0v) is 14.2. The SMILES string of the molecule is CCC(CC)N1CC(C(=O)N(C)c2ncc(OC)cn2)CC1=O. The number of amides is 2. The molecule has 2 rings (SSSR count). The van der Waals surface area contributed by atoms with Crippen LogP contribution in [0.25, 0.3) is 0 Å². The molecular weight excluding hydrogens is 296 g/mol. The summed E-state index contributed by atoms with van der Waals surface area (Å²) in [4.78, 5) is 36.3. The molecule has 1 atom stereocenters. The van der Waals surface area contributed by atoms with Gasteiger partial charge in [0.1, 0.15) is 0 Å². The molecule has 0 aliphatic carbocycles. The fourth-order valence-corrected chi connectivity index (χ4v) is 2.94. The highest BCUT2D eigenvalue weighted by molar-refractivity contribution is 5.97. The molecule has 126 valence electrons. The molecule has 1 aliphatic rings. The van der Waals surface area contributed by atoms with Crippen LogP contribution in [0.3, 0.4) is 0 Å². The lowest BCUT2D eigenvalue weighted by molar-refractivity contribution is -0.130. The second-order valence-electron chi connectivity index (χ2n) is 5.74. The lowest BCUT2D eigenvalue weighted by Crippen LogP contribution is -2.38. The normalized spacial score (nSPS) is 17.7. The summed E-state index contributed by atoms with van der Waals surface area (Å²) in [7, 11) is 3.16. The van der Waals surface area contributed by atoms with Crippen molar-refractivity contribution in [1.29, 1.82) is 0 Å². The van der Waals surface area contributed by atoms with Gasteiger partial charge in [-0.15, -0.1) is 0 Å². The van der Waals surface area contributed by atoms with E-state index in [1.807, 2.05) is 4.90 Å². The summed E-state index contributed by atoms with van der Waals surface area (Å²) in [5.74, 6) is 0.437. The van der Waals surface area contributed by atoms with Crippen molar-refractivity contribution >= 4 is 17.8 Å². The van der Waals surface area contributed by atoms with Crippen LogP contribution in [0.5, 0.6) is 5.75 Å². The lowest BCUT2D eigenvalue weighted by Gasteiger charge is -2.26. The highest BCUT2D eigenvalue weighted by Gasteiger charge is 2.38. The fourth-order valence-electron chi connectivity index (χ4n) is 2.94. The second-order valence-corrected chi connectivity index (χ2v) is 5.74. The third-order valence-electron chi connectivity index (χ3n) is 4.37. The minimum atomic E-state index is -0.334. The number of ether oxygens (including phenoxy) is 1. The zero-order chi connectivity index (χ0) is 17.0. The number of methoxy groups -OCH3 is 1. The van der Waals surface area contributed by atoms with E-state index in [9.17, 15) is 9.59 Å². The number of aromatic nitrogens is 2. The number of carbonyl (C=O) groups excluding carboxylic acids is 2. The maximum absolute atomic E-state index is 12.6. The third kappa shape index (κ3) is 3.60. The fraction of sp³-hybridized carbons (Fsp3) is 0.625. The van der Waals surface area contributed by atoms with Crippen LogP contribution in [-0.4, -0.2) is 53.4 Å². The van der Waals surface area contributed by atoms with E-state index in [2.05, 4.69) is 23.8 Å². The number of hydrogen-bond donors (Lipinski definition) is 0. The van der Waals surface area contributed by atoms with Gasteiger partial charge in [-0.1, -0.05) is 13.8 Å². The van der Waals surface area contributed by atoms with Gasteiger partial charge in [-0.05, 0) is 12.8 Å². The molecule has 0 aromatic carbocycles. The van der Waals surface area contributed by atoms with Gasteiger partial charge in [0.25, 0.3) is 0 Å². The highest BCUT2D eigenvalue weighted by atomic mass is 16.5. The van der Waals surface area contributed by atoms with Crippen molar-refractivity contribution in [2.45, 2.75) is 39.2 Å². The van der Waals surface area contributed by atoms with Crippen LogP contribution in [0.1, 0.15) is 33.1 Å². The van der Waals surface area contributed by atoms with Crippen LogP contribution in [0, 0.1) is 5.92 Å². The van der Waals surface area contributed by atoms with Gasteiger partial charge in [-0.2, -0.15) is 0 Å². The molecule has 1 saturated heterocycles. The van der Waals surface area contributed by atoms with Crippen LogP contribution < -0.4 is 9.64 Å². The predicted molar refractivity (Wildman–Crippen MR) is 86.2 cm³/mol. The zero-order valence-electron chi connectivity index (χ0n) is 14.2. The average molecular weight is 320 g/mol. The molecular formula is C16H24N4O3. The van der Waals surface area contributed by atoms with Gasteiger partial charge in [0.15, 0.2) is 5.75 Å². The summed E-state index contributed by atoms with van der Waals surface area (Å²) in [5.41, 5.74) is 0. The standard InChI is InChI=1S/C16H24N4O3/c1-5-12(6-2)20-10-11(7-14(20)21)15(22)19(3)16-17-8-13(23-4)9-18-16/h8-9,11-12H,5-7,10H2,1-4H3. The topological polar surface area (TPSA) is 75.6 Å². The van der Waals surface area contributed by atoms with E-state index >= 15 is 0 Å². The molecule has 1 aliphatic heterocycles. The summed E-state index contributed by atoms with van der Waals surface area (Å²) >= 11 is 0. The number of rotatable bonds is 6. The number of hydrogen-bond acceptors (Lipinski definition) is 5. The molecule has 1 aromatic heterocycles. The largest absolute Gasteiger partial charge is 0.494 e. The molecule has 7 nitrogen and oxygen atoms in total. The number of likely N-dealkylation sites (tertiary alicyclic amines) is 1. The minimum absolute atomic E-state index is 0.0566. The van der Waals surface area contributed by atoms with E-state index in [4.69, 9.17) is 4.74 Å². The van der Waals surface area contributed by atoms with Gasteiger partial charge < -0.3 is 9.64 Å². The van der Waals surface area contributed by atoms with Crippen LogP contribution >= 0.6 is 0 Å². The maximum atomic E-state index is 12.6. The molecule has 1 fully saturated rings. The monoisotopic (exact) mass is 320 g/mol. The molecule has 1 aromatic rings. The molecule has 23 heavy (non-hydrogen) atoms. The van der Waals surface area contributed by atoms with E-state index in [0.29, 0.717) is 18.2 Å². The van der Waals surface area contributed by atoms with Crippen molar-refractivity contribution in [3.63, 3.8) is 0 Å². The first-order chi connectivity index (χ1) is 11.0. The summed E-state index contributed by atoms with van der Waals surface area (Å²) in [6.45, 7) is 4.60. The van der Waals surface area contributed by atoms with E-state index in [0.717, 1.165) is 12.8 Å². The molecule has 0 N–H and O–H groups in total. The van der Waals surface area contributed by atoms with Crippen molar-refractivity contribution in [3.8, 4) is 5.75 Å². The Hall–Kier alpha value is -2.18. The van der Waals surface area contributed by atoms with E-state index < -0.39 is 0 Å². The van der Waals surface area contributed by atoms with Gasteiger partial charge in [0, 0.05) is 26.1 Å². The Morgan fingerprint density at radius 2 is 2.00 bits per heavy atom. The quantitative estimate of drug-likeness (QED) is 0.793. The Labute approximate surface area is 136 Å². The van der Waals surface area contributed by atoms with Crippen molar-refractivity contribution in [1.82, 2.24) is 14.9 Å². The van der Waals surface area contributed by atoms with E-state index in [1.165, 1.54) is 24.4 Å². The molecule has 2 heterocycles. The maximum Gasteiger partial charge on any atom is 0.234 e. The van der Waals surface area contributed by atoms with Gasteiger partial charge >= 0.3 is 0 Å².